The first kappa shape index (κ1) is 16.5. The molecule has 1 aliphatic carbocycles. The van der Waals surface area contributed by atoms with Crippen molar-refractivity contribution in [1.82, 2.24) is 10.6 Å². The van der Waals surface area contributed by atoms with Crippen molar-refractivity contribution < 1.29 is 4.39 Å². The maximum Gasteiger partial charge on any atom is 0.191 e. The van der Waals surface area contributed by atoms with Crippen LogP contribution in [0.3, 0.4) is 0 Å². The van der Waals surface area contributed by atoms with E-state index in [1.807, 2.05) is 6.07 Å². The van der Waals surface area contributed by atoms with Crippen LogP contribution < -0.4 is 10.6 Å². The van der Waals surface area contributed by atoms with Crippen molar-refractivity contribution in [2.24, 2.45) is 4.99 Å². The summed E-state index contributed by atoms with van der Waals surface area (Å²) in [6, 6.07) is 17.4. The van der Waals surface area contributed by atoms with Gasteiger partial charge < -0.3 is 10.6 Å². The number of guanidine groups is 1. The zero-order chi connectivity index (χ0) is 16.8. The summed E-state index contributed by atoms with van der Waals surface area (Å²) < 4.78 is 13.2. The van der Waals surface area contributed by atoms with Gasteiger partial charge in [-0.05, 0) is 42.5 Å². The monoisotopic (exact) mass is 325 g/mol. The highest BCUT2D eigenvalue weighted by Crippen LogP contribution is 2.47. The van der Waals surface area contributed by atoms with E-state index >= 15 is 0 Å². The molecule has 0 radical (unpaired) electrons. The van der Waals surface area contributed by atoms with Crippen LogP contribution in [0, 0.1) is 5.82 Å². The second-order valence-electron chi connectivity index (χ2n) is 6.38. The Balaban J connectivity index is 1.47. The SMILES string of the molecule is CN=C(NCCc1cccc(F)c1)NCC1(c2ccccc2)CC1. The van der Waals surface area contributed by atoms with Gasteiger partial charge in [0.05, 0.1) is 0 Å². The van der Waals surface area contributed by atoms with Crippen LogP contribution in [0.4, 0.5) is 4.39 Å². The Bertz CT molecular complexity index is 693. The van der Waals surface area contributed by atoms with Crippen LogP contribution in [0.25, 0.3) is 0 Å². The average Bonchev–Trinajstić information content (AvgIpc) is 3.40. The number of hydrogen-bond donors (Lipinski definition) is 2. The molecule has 0 spiro atoms. The van der Waals surface area contributed by atoms with Crippen LogP contribution in [0.5, 0.6) is 0 Å². The van der Waals surface area contributed by atoms with Gasteiger partial charge >= 0.3 is 0 Å². The fourth-order valence-corrected chi connectivity index (χ4v) is 3.00. The van der Waals surface area contributed by atoms with E-state index in [-0.39, 0.29) is 11.2 Å². The molecule has 0 aromatic heterocycles. The summed E-state index contributed by atoms with van der Waals surface area (Å²) in [5.74, 6) is 0.613. The molecule has 0 unspecified atom stereocenters. The van der Waals surface area contributed by atoms with Crippen molar-refractivity contribution in [2.75, 3.05) is 20.1 Å². The van der Waals surface area contributed by atoms with Crippen molar-refractivity contribution in [3.63, 3.8) is 0 Å². The number of aliphatic imine (C=N–C) groups is 1. The molecule has 3 nitrogen and oxygen atoms in total. The highest BCUT2D eigenvalue weighted by atomic mass is 19.1. The van der Waals surface area contributed by atoms with Gasteiger partial charge in [-0.1, -0.05) is 42.5 Å². The van der Waals surface area contributed by atoms with Crippen molar-refractivity contribution in [3.05, 3.63) is 71.5 Å². The number of nitrogens with zero attached hydrogens (tertiary/aromatic N) is 1. The molecule has 0 saturated heterocycles. The summed E-state index contributed by atoms with van der Waals surface area (Å²) >= 11 is 0. The minimum atomic E-state index is -0.187. The summed E-state index contributed by atoms with van der Waals surface area (Å²) in [7, 11) is 1.78. The Morgan fingerprint density at radius 1 is 1.08 bits per heavy atom. The van der Waals surface area contributed by atoms with E-state index in [9.17, 15) is 4.39 Å². The van der Waals surface area contributed by atoms with Gasteiger partial charge in [0, 0.05) is 25.6 Å². The van der Waals surface area contributed by atoms with Gasteiger partial charge in [0.25, 0.3) is 0 Å². The molecular weight excluding hydrogens is 301 g/mol. The van der Waals surface area contributed by atoms with Crippen LogP contribution in [0.2, 0.25) is 0 Å². The Morgan fingerprint density at radius 2 is 1.88 bits per heavy atom. The molecule has 0 atom stereocenters. The second-order valence-corrected chi connectivity index (χ2v) is 6.38. The Morgan fingerprint density at radius 3 is 2.54 bits per heavy atom. The quantitative estimate of drug-likeness (QED) is 0.632. The fraction of sp³-hybridized carbons (Fsp3) is 0.350. The van der Waals surface area contributed by atoms with Crippen molar-refractivity contribution in [2.45, 2.75) is 24.7 Å². The fourth-order valence-electron chi connectivity index (χ4n) is 3.00. The molecule has 1 saturated carbocycles. The Kier molecular flexibility index (Phi) is 5.14. The van der Waals surface area contributed by atoms with E-state index in [0.717, 1.165) is 31.0 Å². The summed E-state index contributed by atoms with van der Waals surface area (Å²) in [4.78, 5) is 4.28. The lowest BCUT2D eigenvalue weighted by atomic mass is 9.96. The molecule has 2 aromatic carbocycles. The smallest absolute Gasteiger partial charge is 0.191 e. The molecule has 0 aliphatic heterocycles. The minimum Gasteiger partial charge on any atom is -0.356 e. The normalized spacial score (nSPS) is 15.8. The van der Waals surface area contributed by atoms with E-state index < -0.39 is 0 Å². The first-order valence-electron chi connectivity index (χ1n) is 8.46. The third-order valence-electron chi connectivity index (χ3n) is 4.65. The molecule has 126 valence electrons. The van der Waals surface area contributed by atoms with Gasteiger partial charge in [0.1, 0.15) is 5.82 Å². The van der Waals surface area contributed by atoms with E-state index in [0.29, 0.717) is 0 Å². The van der Waals surface area contributed by atoms with Crippen LogP contribution in [0.15, 0.2) is 59.6 Å². The topological polar surface area (TPSA) is 36.4 Å². The molecular formula is C20H24FN3. The lowest BCUT2D eigenvalue weighted by Crippen LogP contribution is -2.41. The van der Waals surface area contributed by atoms with Gasteiger partial charge in [-0.2, -0.15) is 0 Å². The molecule has 3 rings (SSSR count). The van der Waals surface area contributed by atoms with Crippen LogP contribution in [-0.4, -0.2) is 26.1 Å². The highest BCUT2D eigenvalue weighted by molar-refractivity contribution is 5.79. The summed E-state index contributed by atoms with van der Waals surface area (Å²) in [6.07, 6.45) is 3.19. The summed E-state index contributed by atoms with van der Waals surface area (Å²) in [6.45, 7) is 1.61. The summed E-state index contributed by atoms with van der Waals surface area (Å²) in [5, 5.41) is 6.74. The van der Waals surface area contributed by atoms with Crippen molar-refractivity contribution in [3.8, 4) is 0 Å². The molecule has 1 fully saturated rings. The predicted octanol–water partition coefficient (Wildman–Crippen LogP) is 3.27. The standard InChI is InChI=1S/C20H24FN3/c1-22-19(23-13-10-16-6-5-9-18(21)14-16)24-15-20(11-12-20)17-7-3-2-4-8-17/h2-9,14H,10-13,15H2,1H3,(H2,22,23,24). The third kappa shape index (κ3) is 4.13. The number of halogens is 1. The number of rotatable bonds is 6. The van der Waals surface area contributed by atoms with Gasteiger partial charge in [0.15, 0.2) is 5.96 Å². The predicted molar refractivity (Wildman–Crippen MR) is 96.8 cm³/mol. The minimum absolute atomic E-state index is 0.187. The molecule has 2 aromatic rings. The second kappa shape index (κ2) is 7.47. The molecule has 2 N–H and O–H groups in total. The lowest BCUT2D eigenvalue weighted by molar-refractivity contribution is 0.624. The van der Waals surface area contributed by atoms with Crippen molar-refractivity contribution >= 4 is 5.96 Å². The van der Waals surface area contributed by atoms with E-state index in [1.165, 1.54) is 24.5 Å². The number of nitrogens with one attached hydrogen (secondary N) is 2. The van der Waals surface area contributed by atoms with Crippen LogP contribution in [-0.2, 0) is 11.8 Å². The highest BCUT2D eigenvalue weighted by Gasteiger charge is 2.43. The zero-order valence-electron chi connectivity index (χ0n) is 14.1. The largest absolute Gasteiger partial charge is 0.356 e. The lowest BCUT2D eigenvalue weighted by Gasteiger charge is -2.19. The Hall–Kier alpha value is -2.36. The zero-order valence-corrected chi connectivity index (χ0v) is 14.1. The van der Waals surface area contributed by atoms with Gasteiger partial charge in [0.2, 0.25) is 0 Å². The molecule has 4 heteroatoms. The van der Waals surface area contributed by atoms with Crippen LogP contribution in [0.1, 0.15) is 24.0 Å². The maximum atomic E-state index is 13.2. The molecule has 0 heterocycles. The van der Waals surface area contributed by atoms with E-state index in [2.05, 4.69) is 46.0 Å². The van der Waals surface area contributed by atoms with Gasteiger partial charge in [-0.3, -0.25) is 4.99 Å². The number of benzene rings is 2. The third-order valence-corrected chi connectivity index (χ3v) is 4.65. The first-order valence-corrected chi connectivity index (χ1v) is 8.46. The van der Waals surface area contributed by atoms with E-state index in [4.69, 9.17) is 0 Å². The van der Waals surface area contributed by atoms with E-state index in [1.54, 1.807) is 19.2 Å². The average molecular weight is 325 g/mol. The molecule has 1 aliphatic rings. The van der Waals surface area contributed by atoms with Crippen molar-refractivity contribution in [1.29, 1.82) is 0 Å². The van der Waals surface area contributed by atoms with Crippen LogP contribution >= 0.6 is 0 Å². The Labute approximate surface area is 143 Å². The van der Waals surface area contributed by atoms with Gasteiger partial charge in [-0.25, -0.2) is 4.39 Å². The molecule has 24 heavy (non-hydrogen) atoms. The summed E-state index contributed by atoms with van der Waals surface area (Å²) in [5.41, 5.74) is 2.63. The maximum absolute atomic E-state index is 13.2. The molecule has 0 bridgehead atoms. The van der Waals surface area contributed by atoms with Gasteiger partial charge in [-0.15, -0.1) is 0 Å². The first-order chi connectivity index (χ1) is 11.7. The molecule has 0 amide bonds. The number of hydrogen-bond acceptors (Lipinski definition) is 1.